The van der Waals surface area contributed by atoms with Gasteiger partial charge in [-0.25, -0.2) is 9.78 Å². The molecule has 0 amide bonds. The van der Waals surface area contributed by atoms with E-state index in [0.29, 0.717) is 11.4 Å². The fourth-order valence-electron chi connectivity index (χ4n) is 0.689. The molecule has 0 radical (unpaired) electrons. The zero-order valence-electron chi connectivity index (χ0n) is 7.83. The Morgan fingerprint density at radius 3 is 2.71 bits per heavy atom. The molecule has 0 aliphatic rings. The summed E-state index contributed by atoms with van der Waals surface area (Å²) in [5.74, 6) is -0.0109. The molecular formula is C8H9N3O2S. The highest BCUT2D eigenvalue weighted by Gasteiger charge is 2.07. The highest BCUT2D eigenvalue weighted by Crippen LogP contribution is 2.03. The van der Waals surface area contributed by atoms with Gasteiger partial charge in [-0.15, -0.1) is 0 Å². The molecule has 0 spiro atoms. The average molecular weight is 211 g/mol. The third kappa shape index (κ3) is 2.74. The first kappa shape index (κ1) is 10.5. The lowest BCUT2D eigenvalue weighted by molar-refractivity contribution is -0.130. The summed E-state index contributed by atoms with van der Waals surface area (Å²) < 4.78 is 4.96. The standard InChI is InChI=1S/C8H9N3O2S/c1-4(2)6(12)13-7-9-5(3)10-8(14)11-7/h1H2,2-3H3,(H,9,10,11,14). The van der Waals surface area contributed by atoms with Crippen LogP contribution < -0.4 is 4.74 Å². The first-order valence-electron chi connectivity index (χ1n) is 3.81. The second kappa shape index (κ2) is 4.10. The molecule has 0 aliphatic heterocycles. The lowest BCUT2D eigenvalue weighted by Gasteiger charge is -2.02. The molecule has 1 N–H and O–H groups in total. The van der Waals surface area contributed by atoms with Crippen molar-refractivity contribution in [2.24, 2.45) is 0 Å². The number of carbonyl (C=O) groups excluding carboxylic acids is 1. The number of nitrogens with zero attached hydrogens (tertiary/aromatic N) is 2. The first-order chi connectivity index (χ1) is 6.49. The van der Waals surface area contributed by atoms with Crippen LogP contribution in [0.15, 0.2) is 12.2 Å². The number of rotatable bonds is 2. The Labute approximate surface area is 85.9 Å². The number of aromatic amines is 1. The molecule has 14 heavy (non-hydrogen) atoms. The molecule has 0 aromatic carbocycles. The van der Waals surface area contributed by atoms with E-state index in [1.807, 2.05) is 0 Å². The number of nitrogens with one attached hydrogen (secondary N) is 1. The van der Waals surface area contributed by atoms with Crippen molar-refractivity contribution in [3.05, 3.63) is 22.7 Å². The zero-order valence-corrected chi connectivity index (χ0v) is 8.64. The number of aromatic nitrogens is 3. The number of aryl methyl sites for hydroxylation is 1. The van der Waals surface area contributed by atoms with Gasteiger partial charge in [-0.3, -0.25) is 4.98 Å². The largest absolute Gasteiger partial charge is 0.389 e. The normalized spacial score (nSPS) is 9.57. The van der Waals surface area contributed by atoms with Crippen molar-refractivity contribution in [3.63, 3.8) is 0 Å². The highest BCUT2D eigenvalue weighted by atomic mass is 32.1. The molecule has 1 aromatic rings. The van der Waals surface area contributed by atoms with Gasteiger partial charge in [-0.05, 0) is 26.1 Å². The quantitative estimate of drug-likeness (QED) is 0.454. The van der Waals surface area contributed by atoms with Crippen molar-refractivity contribution in [1.82, 2.24) is 15.0 Å². The van der Waals surface area contributed by atoms with E-state index in [0.717, 1.165) is 0 Å². The van der Waals surface area contributed by atoms with E-state index in [4.69, 9.17) is 17.0 Å². The maximum Gasteiger partial charge on any atom is 0.340 e. The zero-order chi connectivity index (χ0) is 10.7. The molecule has 0 saturated heterocycles. The molecule has 0 unspecified atom stereocenters. The van der Waals surface area contributed by atoms with Crippen LogP contribution in [0, 0.1) is 11.7 Å². The molecule has 0 fully saturated rings. The molecule has 1 aromatic heterocycles. The van der Waals surface area contributed by atoms with Crippen molar-refractivity contribution in [2.75, 3.05) is 0 Å². The average Bonchev–Trinajstić information content (AvgIpc) is 2.01. The SMILES string of the molecule is C=C(C)C(=O)Oc1nc(=S)nc(C)[nH]1. The van der Waals surface area contributed by atoms with Crippen molar-refractivity contribution in [3.8, 4) is 6.01 Å². The smallest absolute Gasteiger partial charge is 0.340 e. The molecule has 6 heteroatoms. The Morgan fingerprint density at radius 1 is 1.57 bits per heavy atom. The lowest BCUT2D eigenvalue weighted by atomic mass is 10.4. The van der Waals surface area contributed by atoms with E-state index in [-0.39, 0.29) is 10.8 Å². The number of esters is 1. The third-order valence-electron chi connectivity index (χ3n) is 1.29. The Kier molecular flexibility index (Phi) is 3.08. The van der Waals surface area contributed by atoms with Gasteiger partial charge in [0.15, 0.2) is 0 Å². The minimum Gasteiger partial charge on any atom is -0.389 e. The van der Waals surface area contributed by atoms with E-state index in [1.165, 1.54) is 0 Å². The topological polar surface area (TPSA) is 67.9 Å². The van der Waals surface area contributed by atoms with E-state index in [1.54, 1.807) is 13.8 Å². The molecule has 0 bridgehead atoms. The molecule has 0 saturated carbocycles. The predicted molar refractivity (Wildman–Crippen MR) is 52.4 cm³/mol. The number of carbonyl (C=O) groups is 1. The Hall–Kier alpha value is -1.56. The van der Waals surface area contributed by atoms with Crippen molar-refractivity contribution in [1.29, 1.82) is 0 Å². The summed E-state index contributed by atoms with van der Waals surface area (Å²) in [6.07, 6.45) is 0. The fraction of sp³-hybridized carbons (Fsp3) is 0.250. The molecular weight excluding hydrogens is 202 g/mol. The van der Waals surface area contributed by atoms with E-state index < -0.39 is 5.97 Å². The van der Waals surface area contributed by atoms with Crippen LogP contribution in [0.25, 0.3) is 0 Å². The van der Waals surface area contributed by atoms with Crippen LogP contribution >= 0.6 is 12.2 Å². The van der Waals surface area contributed by atoms with Crippen molar-refractivity contribution in [2.45, 2.75) is 13.8 Å². The van der Waals surface area contributed by atoms with Crippen molar-refractivity contribution < 1.29 is 9.53 Å². The summed E-state index contributed by atoms with van der Waals surface area (Å²) in [7, 11) is 0. The number of H-pyrrole nitrogens is 1. The second-order valence-electron chi connectivity index (χ2n) is 2.69. The second-order valence-corrected chi connectivity index (χ2v) is 3.06. The molecule has 0 aliphatic carbocycles. The molecule has 0 atom stereocenters. The van der Waals surface area contributed by atoms with Crippen molar-refractivity contribution >= 4 is 18.2 Å². The fourth-order valence-corrected chi connectivity index (χ4v) is 0.909. The molecule has 1 rings (SSSR count). The molecule has 1 heterocycles. The maximum absolute atomic E-state index is 11.1. The number of ether oxygens (including phenoxy) is 1. The van der Waals surface area contributed by atoms with E-state index in [9.17, 15) is 4.79 Å². The van der Waals surface area contributed by atoms with Crippen LogP contribution in [-0.4, -0.2) is 20.9 Å². The molecule has 74 valence electrons. The summed E-state index contributed by atoms with van der Waals surface area (Å²) >= 11 is 4.75. The summed E-state index contributed by atoms with van der Waals surface area (Å²) in [5.41, 5.74) is 0.292. The maximum atomic E-state index is 11.1. The Balaban J connectivity index is 2.92. The summed E-state index contributed by atoms with van der Waals surface area (Å²) in [4.78, 5) is 21.3. The van der Waals surface area contributed by atoms with Crippen LogP contribution in [0.3, 0.4) is 0 Å². The minimum atomic E-state index is -0.547. The Bertz CT molecular complexity index is 438. The first-order valence-corrected chi connectivity index (χ1v) is 4.22. The van der Waals surface area contributed by atoms with Gasteiger partial charge in [0.1, 0.15) is 5.82 Å². The number of hydrogen-bond donors (Lipinski definition) is 1. The van der Waals surface area contributed by atoms with Gasteiger partial charge >= 0.3 is 12.0 Å². The van der Waals surface area contributed by atoms with Crippen LogP contribution in [0.2, 0.25) is 0 Å². The van der Waals surface area contributed by atoms with Gasteiger partial charge in [0.25, 0.3) is 0 Å². The van der Waals surface area contributed by atoms with Crippen LogP contribution in [0.4, 0.5) is 0 Å². The van der Waals surface area contributed by atoms with E-state index >= 15 is 0 Å². The van der Waals surface area contributed by atoms with Gasteiger partial charge in [0.2, 0.25) is 4.77 Å². The minimum absolute atomic E-state index is 0.0375. The van der Waals surface area contributed by atoms with Crippen LogP contribution in [0.1, 0.15) is 12.7 Å². The Morgan fingerprint density at radius 2 is 2.21 bits per heavy atom. The predicted octanol–water partition coefficient (Wildman–Crippen LogP) is 1.32. The van der Waals surface area contributed by atoms with Gasteiger partial charge in [0, 0.05) is 5.57 Å². The number of hydrogen-bond acceptors (Lipinski definition) is 5. The van der Waals surface area contributed by atoms with Gasteiger partial charge in [0.05, 0.1) is 0 Å². The van der Waals surface area contributed by atoms with E-state index in [2.05, 4.69) is 21.5 Å². The van der Waals surface area contributed by atoms with Gasteiger partial charge in [-0.1, -0.05) is 6.58 Å². The van der Waals surface area contributed by atoms with Gasteiger partial charge in [-0.2, -0.15) is 4.98 Å². The third-order valence-corrected chi connectivity index (χ3v) is 1.47. The monoisotopic (exact) mass is 211 g/mol. The summed E-state index contributed by atoms with van der Waals surface area (Å²) in [6.45, 7) is 6.67. The summed E-state index contributed by atoms with van der Waals surface area (Å²) in [6, 6.07) is 0.0375. The molecule has 5 nitrogen and oxygen atoms in total. The highest BCUT2D eigenvalue weighted by molar-refractivity contribution is 7.71. The van der Waals surface area contributed by atoms with Crippen LogP contribution in [-0.2, 0) is 4.79 Å². The lowest BCUT2D eigenvalue weighted by Crippen LogP contribution is -2.11. The summed E-state index contributed by atoms with van der Waals surface area (Å²) in [5, 5.41) is 0. The van der Waals surface area contributed by atoms with Crippen LogP contribution in [0.5, 0.6) is 6.01 Å². The van der Waals surface area contributed by atoms with Gasteiger partial charge < -0.3 is 4.74 Å².